The molecule has 0 aliphatic heterocycles. The summed E-state index contributed by atoms with van der Waals surface area (Å²) in [6.07, 6.45) is 4.37. The van der Waals surface area contributed by atoms with Crippen LogP contribution in [0.3, 0.4) is 0 Å². The Kier molecular flexibility index (Phi) is 4.07. The van der Waals surface area contributed by atoms with Gasteiger partial charge in [0, 0.05) is 22.6 Å². The van der Waals surface area contributed by atoms with Crippen molar-refractivity contribution in [1.82, 2.24) is 10.3 Å². The summed E-state index contributed by atoms with van der Waals surface area (Å²) >= 11 is 6.11. The standard InChI is InChI=1S/C16H17ClN2O3/c17-13-6-5-12(14-11(13)7-8-18-14)15(20)19-10-3-1-9(2-4-10)16(21)22/h5-10,18H,1-4H2,(H,19,20)(H,21,22). The summed E-state index contributed by atoms with van der Waals surface area (Å²) in [5.41, 5.74) is 1.29. The summed E-state index contributed by atoms with van der Waals surface area (Å²) in [6.45, 7) is 0. The van der Waals surface area contributed by atoms with Gasteiger partial charge in [-0.3, -0.25) is 9.59 Å². The second-order valence-electron chi connectivity index (χ2n) is 5.72. The SMILES string of the molecule is O=C(NC1CCC(C(=O)O)CC1)c1ccc(Cl)c2cc[nH]c12. The van der Waals surface area contributed by atoms with Gasteiger partial charge in [-0.05, 0) is 43.9 Å². The smallest absolute Gasteiger partial charge is 0.306 e. The third-order valence-electron chi connectivity index (χ3n) is 4.33. The van der Waals surface area contributed by atoms with Crippen molar-refractivity contribution in [2.45, 2.75) is 31.7 Å². The number of rotatable bonds is 3. The van der Waals surface area contributed by atoms with Crippen molar-refractivity contribution >= 4 is 34.4 Å². The van der Waals surface area contributed by atoms with E-state index in [1.165, 1.54) is 0 Å². The molecule has 1 aliphatic carbocycles. The van der Waals surface area contributed by atoms with E-state index in [4.69, 9.17) is 16.7 Å². The zero-order chi connectivity index (χ0) is 15.7. The quantitative estimate of drug-likeness (QED) is 0.812. The van der Waals surface area contributed by atoms with Crippen molar-refractivity contribution in [2.24, 2.45) is 5.92 Å². The molecule has 1 aliphatic rings. The highest BCUT2D eigenvalue weighted by Crippen LogP contribution is 2.27. The fourth-order valence-corrected chi connectivity index (χ4v) is 3.28. The molecule has 0 spiro atoms. The van der Waals surface area contributed by atoms with Crippen molar-refractivity contribution in [2.75, 3.05) is 0 Å². The fourth-order valence-electron chi connectivity index (χ4n) is 3.06. The van der Waals surface area contributed by atoms with Crippen LogP contribution in [0.25, 0.3) is 10.9 Å². The molecule has 1 heterocycles. The molecule has 1 aromatic heterocycles. The maximum absolute atomic E-state index is 12.5. The van der Waals surface area contributed by atoms with E-state index in [0.717, 1.165) is 10.9 Å². The van der Waals surface area contributed by atoms with Gasteiger partial charge in [-0.2, -0.15) is 0 Å². The summed E-state index contributed by atoms with van der Waals surface area (Å²) in [6, 6.07) is 5.30. The maximum Gasteiger partial charge on any atom is 0.306 e. The molecule has 1 aromatic carbocycles. The normalized spacial score (nSPS) is 21.7. The summed E-state index contributed by atoms with van der Waals surface area (Å²) in [5, 5.41) is 13.4. The Morgan fingerprint density at radius 1 is 1.18 bits per heavy atom. The summed E-state index contributed by atoms with van der Waals surface area (Å²) in [4.78, 5) is 26.5. The minimum atomic E-state index is -0.740. The number of carboxylic acid groups (broad SMARTS) is 1. The van der Waals surface area contributed by atoms with Crippen LogP contribution < -0.4 is 5.32 Å². The number of halogens is 1. The lowest BCUT2D eigenvalue weighted by Crippen LogP contribution is -2.38. The van der Waals surface area contributed by atoms with Crippen molar-refractivity contribution in [3.05, 3.63) is 35.0 Å². The van der Waals surface area contributed by atoms with Crippen LogP contribution in [-0.2, 0) is 4.79 Å². The first-order chi connectivity index (χ1) is 10.6. The predicted molar refractivity (Wildman–Crippen MR) is 84.2 cm³/mol. The van der Waals surface area contributed by atoms with Gasteiger partial charge in [-0.15, -0.1) is 0 Å². The molecule has 3 N–H and O–H groups in total. The first-order valence-electron chi connectivity index (χ1n) is 7.35. The third-order valence-corrected chi connectivity index (χ3v) is 4.66. The van der Waals surface area contributed by atoms with Crippen LogP contribution in [-0.4, -0.2) is 28.0 Å². The van der Waals surface area contributed by atoms with Crippen LogP contribution in [0.1, 0.15) is 36.0 Å². The molecule has 1 saturated carbocycles. The highest BCUT2D eigenvalue weighted by molar-refractivity contribution is 6.36. The molecule has 6 heteroatoms. The predicted octanol–water partition coefficient (Wildman–Crippen LogP) is 3.19. The molecule has 1 fully saturated rings. The van der Waals surface area contributed by atoms with Gasteiger partial charge in [0.25, 0.3) is 5.91 Å². The van der Waals surface area contributed by atoms with E-state index in [-0.39, 0.29) is 17.9 Å². The number of nitrogens with one attached hydrogen (secondary N) is 2. The van der Waals surface area contributed by atoms with E-state index >= 15 is 0 Å². The van der Waals surface area contributed by atoms with Crippen molar-refractivity contribution < 1.29 is 14.7 Å². The third kappa shape index (κ3) is 2.81. The van der Waals surface area contributed by atoms with Gasteiger partial charge in [-0.1, -0.05) is 11.6 Å². The topological polar surface area (TPSA) is 82.2 Å². The molecule has 116 valence electrons. The number of benzene rings is 1. The van der Waals surface area contributed by atoms with Crippen molar-refractivity contribution in [1.29, 1.82) is 0 Å². The Labute approximate surface area is 132 Å². The number of hydrogen-bond acceptors (Lipinski definition) is 2. The van der Waals surface area contributed by atoms with E-state index in [9.17, 15) is 9.59 Å². The van der Waals surface area contributed by atoms with Gasteiger partial charge in [0.2, 0.25) is 0 Å². The number of aliphatic carboxylic acids is 1. The molecule has 22 heavy (non-hydrogen) atoms. The number of carbonyl (C=O) groups excluding carboxylic acids is 1. The summed E-state index contributed by atoms with van der Waals surface area (Å²) in [5.74, 6) is -1.17. The van der Waals surface area contributed by atoms with Crippen LogP contribution in [0.4, 0.5) is 0 Å². The van der Waals surface area contributed by atoms with Gasteiger partial charge in [0.15, 0.2) is 0 Å². The molecule has 3 rings (SSSR count). The van der Waals surface area contributed by atoms with Gasteiger partial charge < -0.3 is 15.4 Å². The number of fused-ring (bicyclic) bond motifs is 1. The lowest BCUT2D eigenvalue weighted by molar-refractivity contribution is -0.142. The Morgan fingerprint density at radius 2 is 1.91 bits per heavy atom. The zero-order valence-corrected chi connectivity index (χ0v) is 12.7. The van der Waals surface area contributed by atoms with E-state index < -0.39 is 5.97 Å². The highest BCUT2D eigenvalue weighted by atomic mass is 35.5. The number of hydrogen-bond donors (Lipinski definition) is 3. The summed E-state index contributed by atoms with van der Waals surface area (Å²) < 4.78 is 0. The van der Waals surface area contributed by atoms with Crippen LogP contribution in [0.15, 0.2) is 24.4 Å². The number of aromatic nitrogens is 1. The minimum Gasteiger partial charge on any atom is -0.481 e. The number of amides is 1. The Bertz CT molecular complexity index is 717. The Balaban J connectivity index is 1.71. The number of aromatic amines is 1. The Morgan fingerprint density at radius 3 is 2.59 bits per heavy atom. The van der Waals surface area contributed by atoms with Crippen LogP contribution in [0.5, 0.6) is 0 Å². The van der Waals surface area contributed by atoms with E-state index in [1.807, 2.05) is 6.07 Å². The lowest BCUT2D eigenvalue weighted by atomic mass is 9.86. The largest absolute Gasteiger partial charge is 0.481 e. The number of H-pyrrole nitrogens is 1. The molecular formula is C16H17ClN2O3. The molecule has 0 saturated heterocycles. The van der Waals surface area contributed by atoms with Gasteiger partial charge >= 0.3 is 5.97 Å². The lowest BCUT2D eigenvalue weighted by Gasteiger charge is -2.26. The molecule has 5 nitrogen and oxygen atoms in total. The molecule has 0 atom stereocenters. The molecule has 0 unspecified atom stereocenters. The fraction of sp³-hybridized carbons (Fsp3) is 0.375. The number of carboxylic acids is 1. The second kappa shape index (κ2) is 6.01. The number of carbonyl (C=O) groups is 2. The molecule has 0 bridgehead atoms. The van der Waals surface area contributed by atoms with E-state index in [2.05, 4.69) is 10.3 Å². The van der Waals surface area contributed by atoms with E-state index in [0.29, 0.717) is 36.3 Å². The molecule has 2 aromatic rings. The van der Waals surface area contributed by atoms with Crippen LogP contribution >= 0.6 is 11.6 Å². The van der Waals surface area contributed by atoms with Crippen molar-refractivity contribution in [3.8, 4) is 0 Å². The average molecular weight is 321 g/mol. The molecule has 1 amide bonds. The highest BCUT2D eigenvalue weighted by Gasteiger charge is 2.27. The van der Waals surface area contributed by atoms with Gasteiger partial charge in [-0.25, -0.2) is 0 Å². The minimum absolute atomic E-state index is 0.0313. The van der Waals surface area contributed by atoms with Crippen LogP contribution in [0, 0.1) is 5.92 Å². The van der Waals surface area contributed by atoms with E-state index in [1.54, 1.807) is 18.3 Å². The molecular weight excluding hydrogens is 304 g/mol. The Hall–Kier alpha value is -2.01. The second-order valence-corrected chi connectivity index (χ2v) is 6.13. The monoisotopic (exact) mass is 320 g/mol. The van der Waals surface area contributed by atoms with Gasteiger partial charge in [0.1, 0.15) is 0 Å². The van der Waals surface area contributed by atoms with Gasteiger partial charge in [0.05, 0.1) is 17.0 Å². The first-order valence-corrected chi connectivity index (χ1v) is 7.73. The van der Waals surface area contributed by atoms with Crippen molar-refractivity contribution in [3.63, 3.8) is 0 Å². The summed E-state index contributed by atoms with van der Waals surface area (Å²) in [7, 11) is 0. The zero-order valence-electron chi connectivity index (χ0n) is 11.9. The maximum atomic E-state index is 12.5. The average Bonchev–Trinajstić information content (AvgIpc) is 2.98. The van der Waals surface area contributed by atoms with Crippen LogP contribution in [0.2, 0.25) is 5.02 Å². The molecule has 0 radical (unpaired) electrons. The first kappa shape index (κ1) is 14.9.